The molecule has 0 fully saturated rings. The highest BCUT2D eigenvalue weighted by atomic mass is 19.4. The van der Waals surface area contributed by atoms with E-state index in [4.69, 9.17) is 14.2 Å². The molecule has 2 aliphatic rings. The predicted octanol–water partition coefficient (Wildman–Crippen LogP) is 5.98. The van der Waals surface area contributed by atoms with E-state index in [1.54, 1.807) is 12.1 Å². The van der Waals surface area contributed by atoms with Crippen LogP contribution in [0.15, 0.2) is 59.8 Å². The van der Waals surface area contributed by atoms with Crippen molar-refractivity contribution in [3.05, 3.63) is 76.5 Å². The first-order valence-electron chi connectivity index (χ1n) is 12.5. The lowest BCUT2D eigenvalue weighted by Crippen LogP contribution is -2.19. The molecule has 3 heterocycles. The number of imidazole rings is 1. The fourth-order valence-electron chi connectivity index (χ4n) is 5.25. The fourth-order valence-corrected chi connectivity index (χ4v) is 5.25. The van der Waals surface area contributed by atoms with Crippen molar-refractivity contribution in [2.45, 2.75) is 31.5 Å². The van der Waals surface area contributed by atoms with Crippen molar-refractivity contribution in [2.75, 3.05) is 25.1 Å². The summed E-state index contributed by atoms with van der Waals surface area (Å²) in [7, 11) is 0. The Balaban J connectivity index is 1.27. The Bertz CT molecular complexity index is 1630. The number of hydrogen-bond acceptors (Lipinski definition) is 7. The van der Waals surface area contributed by atoms with E-state index in [2.05, 4.69) is 15.5 Å². The van der Waals surface area contributed by atoms with Crippen LogP contribution in [0.2, 0.25) is 0 Å². The molecular formula is C28H23F3N4O5. The molecule has 1 amide bonds. The number of nitrogens with zero attached hydrogens (tertiary/aromatic N) is 3. The molecule has 0 spiro atoms. The first kappa shape index (κ1) is 25.7. The van der Waals surface area contributed by atoms with Crippen molar-refractivity contribution in [3.63, 3.8) is 0 Å². The lowest BCUT2D eigenvalue weighted by Gasteiger charge is -2.15. The molecule has 0 saturated heterocycles. The van der Waals surface area contributed by atoms with Crippen LogP contribution in [0, 0.1) is 11.8 Å². The van der Waals surface area contributed by atoms with Crippen molar-refractivity contribution in [3.8, 4) is 22.9 Å². The van der Waals surface area contributed by atoms with Crippen molar-refractivity contribution in [1.82, 2.24) is 9.55 Å². The molecule has 0 unspecified atom stereocenters. The molecule has 2 atom stereocenters. The van der Waals surface area contributed by atoms with E-state index < -0.39 is 18.7 Å². The van der Waals surface area contributed by atoms with Gasteiger partial charge in [-0.25, -0.2) is 4.98 Å². The quantitative estimate of drug-likeness (QED) is 0.281. The fraction of sp³-hybridized carbons (Fsp3) is 0.286. The Hall–Kier alpha value is -4.61. The molecule has 1 N–H and O–H groups in total. The SMILES string of the molecule is Cc1nc2ccc(OCC(F)(F)F)cc2n1-c1cccc2c1OC[C@H]2Nc1ccc2c(c1)OC[C@H]2CC(=O)N=O. The number of carbonyl (C=O) groups is 1. The number of nitrogens with one attached hydrogen (secondary N) is 1. The van der Waals surface area contributed by atoms with Gasteiger partial charge in [0.1, 0.15) is 29.7 Å². The number of aromatic nitrogens is 2. The summed E-state index contributed by atoms with van der Waals surface area (Å²) in [4.78, 5) is 26.5. The van der Waals surface area contributed by atoms with Crippen LogP contribution in [-0.4, -0.2) is 41.5 Å². The van der Waals surface area contributed by atoms with Crippen molar-refractivity contribution < 1.29 is 32.2 Å². The normalized spacial score (nSPS) is 17.6. The summed E-state index contributed by atoms with van der Waals surface area (Å²) in [6, 6.07) is 15.8. The van der Waals surface area contributed by atoms with E-state index in [-0.39, 0.29) is 24.1 Å². The molecule has 40 heavy (non-hydrogen) atoms. The number of benzene rings is 3. The number of rotatable bonds is 7. The Morgan fingerprint density at radius 3 is 2.77 bits per heavy atom. The minimum atomic E-state index is -4.44. The maximum absolute atomic E-state index is 12.7. The maximum atomic E-state index is 12.7. The lowest BCUT2D eigenvalue weighted by atomic mass is 9.97. The monoisotopic (exact) mass is 552 g/mol. The van der Waals surface area contributed by atoms with Gasteiger partial charge in [-0.1, -0.05) is 18.2 Å². The number of aryl methyl sites for hydroxylation is 1. The summed E-state index contributed by atoms with van der Waals surface area (Å²) in [5, 5.41) is 5.94. The standard InChI is InChI=1S/C28H23F3N4O5/c1-15-32-21-8-6-18(40-14-28(29,30)31)11-24(21)35(15)23-4-2-3-20-22(13-39-27(20)23)33-17-5-7-19-16(9-26(36)34-37)12-38-25(19)10-17/h2-8,10-11,16,22,33H,9,12-14H2,1H3/t16-,22-/m1/s1. The Labute approximate surface area is 225 Å². The molecule has 0 radical (unpaired) electrons. The number of carbonyl (C=O) groups excluding carboxylic acids is 1. The summed E-state index contributed by atoms with van der Waals surface area (Å²) in [6.07, 6.45) is -4.44. The summed E-state index contributed by atoms with van der Waals surface area (Å²) >= 11 is 0. The zero-order valence-electron chi connectivity index (χ0n) is 21.2. The van der Waals surface area contributed by atoms with E-state index >= 15 is 0 Å². The van der Waals surface area contributed by atoms with E-state index in [0.29, 0.717) is 47.3 Å². The van der Waals surface area contributed by atoms with Crippen LogP contribution in [0.1, 0.15) is 35.3 Å². The highest BCUT2D eigenvalue weighted by molar-refractivity contribution is 5.81. The molecule has 6 rings (SSSR count). The molecule has 2 aliphatic heterocycles. The number of para-hydroxylation sites is 1. The van der Waals surface area contributed by atoms with Gasteiger partial charge < -0.3 is 19.5 Å². The topological polar surface area (TPSA) is 104 Å². The minimum Gasteiger partial charge on any atom is -0.493 e. The summed E-state index contributed by atoms with van der Waals surface area (Å²) < 4.78 is 56.8. The van der Waals surface area contributed by atoms with Gasteiger partial charge in [0, 0.05) is 46.5 Å². The molecule has 0 aliphatic carbocycles. The van der Waals surface area contributed by atoms with Gasteiger partial charge >= 0.3 is 6.18 Å². The lowest BCUT2D eigenvalue weighted by molar-refractivity contribution is -0.153. The number of nitroso groups, excluding NO2 is 1. The highest BCUT2D eigenvalue weighted by Crippen LogP contribution is 2.43. The molecule has 4 aromatic rings. The van der Waals surface area contributed by atoms with Gasteiger partial charge in [0.2, 0.25) is 0 Å². The Morgan fingerprint density at radius 1 is 1.12 bits per heavy atom. The second-order valence-corrected chi connectivity index (χ2v) is 9.70. The van der Waals surface area contributed by atoms with Gasteiger partial charge in [-0.15, -0.1) is 4.91 Å². The minimum absolute atomic E-state index is 0.00812. The van der Waals surface area contributed by atoms with Gasteiger partial charge in [0.25, 0.3) is 5.91 Å². The van der Waals surface area contributed by atoms with Crippen LogP contribution in [0.5, 0.6) is 17.2 Å². The molecule has 3 aromatic carbocycles. The zero-order chi connectivity index (χ0) is 28.0. The van der Waals surface area contributed by atoms with Crippen LogP contribution in [0.3, 0.4) is 0 Å². The third-order valence-electron chi connectivity index (χ3n) is 6.99. The van der Waals surface area contributed by atoms with E-state index in [0.717, 1.165) is 16.8 Å². The van der Waals surface area contributed by atoms with Crippen LogP contribution in [0.4, 0.5) is 18.9 Å². The van der Waals surface area contributed by atoms with Crippen LogP contribution >= 0.6 is 0 Å². The molecule has 9 nitrogen and oxygen atoms in total. The van der Waals surface area contributed by atoms with Crippen molar-refractivity contribution in [2.24, 2.45) is 5.18 Å². The zero-order valence-corrected chi connectivity index (χ0v) is 21.2. The van der Waals surface area contributed by atoms with Gasteiger partial charge in [-0.2, -0.15) is 13.2 Å². The Kier molecular flexibility index (Phi) is 6.32. The number of ether oxygens (including phenoxy) is 3. The largest absolute Gasteiger partial charge is 0.493 e. The molecule has 1 aromatic heterocycles. The molecule has 206 valence electrons. The second-order valence-electron chi connectivity index (χ2n) is 9.70. The number of alkyl halides is 3. The molecule has 12 heteroatoms. The van der Waals surface area contributed by atoms with E-state index in [9.17, 15) is 22.9 Å². The number of anilines is 1. The molecular weight excluding hydrogens is 529 g/mol. The van der Waals surface area contributed by atoms with Gasteiger partial charge in [-0.05, 0) is 31.2 Å². The third-order valence-corrected chi connectivity index (χ3v) is 6.99. The number of hydrogen-bond donors (Lipinski definition) is 1. The predicted molar refractivity (Wildman–Crippen MR) is 139 cm³/mol. The third kappa shape index (κ3) is 4.80. The van der Waals surface area contributed by atoms with Crippen molar-refractivity contribution >= 4 is 22.6 Å². The Morgan fingerprint density at radius 2 is 1.98 bits per heavy atom. The number of amides is 1. The first-order valence-corrected chi connectivity index (χ1v) is 12.5. The van der Waals surface area contributed by atoms with Gasteiger partial charge in [0.15, 0.2) is 6.61 Å². The van der Waals surface area contributed by atoms with Gasteiger partial charge in [0.05, 0.1) is 29.4 Å². The maximum Gasteiger partial charge on any atom is 0.422 e. The summed E-state index contributed by atoms with van der Waals surface area (Å²) in [6.45, 7) is 1.08. The molecule has 0 saturated carbocycles. The van der Waals surface area contributed by atoms with E-state index in [1.165, 1.54) is 6.07 Å². The summed E-state index contributed by atoms with van der Waals surface area (Å²) in [5.41, 5.74) is 4.48. The van der Waals surface area contributed by atoms with Crippen LogP contribution in [0.25, 0.3) is 16.7 Å². The van der Waals surface area contributed by atoms with Crippen LogP contribution in [-0.2, 0) is 4.79 Å². The first-order chi connectivity index (χ1) is 19.2. The van der Waals surface area contributed by atoms with Gasteiger partial charge in [-0.3, -0.25) is 9.36 Å². The molecule has 0 bridgehead atoms. The second kappa shape index (κ2) is 9.85. The average molecular weight is 553 g/mol. The average Bonchev–Trinajstić information content (AvgIpc) is 3.61. The van der Waals surface area contributed by atoms with E-state index in [1.807, 2.05) is 47.9 Å². The number of fused-ring (bicyclic) bond motifs is 3. The smallest absolute Gasteiger partial charge is 0.422 e. The summed E-state index contributed by atoms with van der Waals surface area (Å²) in [5.74, 6) is 1.11. The highest BCUT2D eigenvalue weighted by Gasteiger charge is 2.31. The van der Waals surface area contributed by atoms with Crippen molar-refractivity contribution in [1.29, 1.82) is 0 Å². The van der Waals surface area contributed by atoms with Crippen LogP contribution < -0.4 is 19.5 Å². The number of halogens is 3.